The minimum atomic E-state index is -0.358. The average Bonchev–Trinajstić information content (AvgIpc) is 2.80. The summed E-state index contributed by atoms with van der Waals surface area (Å²) >= 11 is 1.53. The van der Waals surface area contributed by atoms with E-state index in [4.69, 9.17) is 4.74 Å². The van der Waals surface area contributed by atoms with Crippen molar-refractivity contribution in [1.29, 1.82) is 0 Å². The van der Waals surface area contributed by atoms with Gasteiger partial charge in [-0.1, -0.05) is 12.1 Å². The lowest BCUT2D eigenvalue weighted by Crippen LogP contribution is -2.49. The third kappa shape index (κ3) is 4.59. The minimum absolute atomic E-state index is 0.127. The quantitative estimate of drug-likeness (QED) is 0.811. The van der Waals surface area contributed by atoms with Gasteiger partial charge in [-0.3, -0.25) is 9.59 Å². The van der Waals surface area contributed by atoms with E-state index in [1.54, 1.807) is 46.7 Å². The van der Waals surface area contributed by atoms with E-state index in [0.29, 0.717) is 44.0 Å². The highest BCUT2D eigenvalue weighted by Gasteiger charge is 2.25. The highest BCUT2D eigenvalue weighted by molar-refractivity contribution is 8.02. The van der Waals surface area contributed by atoms with Crippen molar-refractivity contribution in [3.63, 3.8) is 0 Å². The van der Waals surface area contributed by atoms with Crippen molar-refractivity contribution >= 4 is 35.0 Å². The normalized spacial score (nSPS) is 16.5. The number of ether oxygens (including phenoxy) is 1. The number of nitrogens with one attached hydrogen (secondary N) is 1. The molecule has 6 nitrogen and oxygen atoms in total. The van der Waals surface area contributed by atoms with Crippen LogP contribution in [0.15, 0.2) is 59.7 Å². The summed E-state index contributed by atoms with van der Waals surface area (Å²) in [7, 11) is 0. The van der Waals surface area contributed by atoms with Crippen LogP contribution in [0.5, 0.6) is 0 Å². The first-order chi connectivity index (χ1) is 14.6. The van der Waals surface area contributed by atoms with Gasteiger partial charge in [0, 0.05) is 43.0 Å². The molecule has 2 heterocycles. The summed E-state index contributed by atoms with van der Waals surface area (Å²) < 4.78 is 18.5. The molecular weight excluding hydrogens is 405 g/mol. The molecule has 1 N–H and O–H groups in total. The first-order valence-electron chi connectivity index (χ1n) is 9.76. The Morgan fingerprint density at radius 1 is 1.00 bits per heavy atom. The number of para-hydroxylation sites is 1. The molecular formula is C22H22FN3O3S. The molecule has 30 heavy (non-hydrogen) atoms. The zero-order valence-corrected chi connectivity index (χ0v) is 17.2. The molecule has 2 aliphatic heterocycles. The Morgan fingerprint density at radius 2 is 1.73 bits per heavy atom. The molecule has 0 aromatic heterocycles. The first kappa shape index (κ1) is 20.3. The molecule has 0 unspecified atom stereocenters. The molecule has 0 radical (unpaired) electrons. The van der Waals surface area contributed by atoms with Gasteiger partial charge in [-0.2, -0.15) is 0 Å². The fraction of sp³-hybridized carbons (Fsp3) is 0.273. The predicted octanol–water partition coefficient (Wildman–Crippen LogP) is 3.33. The number of halogens is 1. The van der Waals surface area contributed by atoms with Crippen LogP contribution in [-0.2, 0) is 9.53 Å². The van der Waals surface area contributed by atoms with E-state index in [9.17, 15) is 14.0 Å². The molecule has 0 bridgehead atoms. The number of hydrogen-bond acceptors (Lipinski definition) is 5. The summed E-state index contributed by atoms with van der Waals surface area (Å²) in [5.41, 5.74) is 1.86. The Hall–Kier alpha value is -3.00. The third-order valence-electron chi connectivity index (χ3n) is 5.04. The largest absolute Gasteiger partial charge is 0.487 e. The lowest BCUT2D eigenvalue weighted by molar-refractivity contribution is -0.116. The Labute approximate surface area is 178 Å². The summed E-state index contributed by atoms with van der Waals surface area (Å²) in [5.74, 6) is 0.331. The second kappa shape index (κ2) is 9.21. The maximum absolute atomic E-state index is 13.1. The van der Waals surface area contributed by atoms with E-state index in [1.807, 2.05) is 0 Å². The lowest BCUT2D eigenvalue weighted by Gasteiger charge is -2.36. The summed E-state index contributed by atoms with van der Waals surface area (Å²) in [4.78, 5) is 29.5. The molecule has 2 aliphatic rings. The molecule has 0 spiro atoms. The lowest BCUT2D eigenvalue weighted by atomic mass is 10.1. The van der Waals surface area contributed by atoms with Gasteiger partial charge in [0.2, 0.25) is 0 Å². The van der Waals surface area contributed by atoms with E-state index >= 15 is 0 Å². The molecule has 1 fully saturated rings. The van der Waals surface area contributed by atoms with Crippen LogP contribution >= 0.6 is 11.8 Å². The average molecular weight is 428 g/mol. The van der Waals surface area contributed by atoms with E-state index in [0.717, 1.165) is 11.4 Å². The number of anilines is 2. The van der Waals surface area contributed by atoms with E-state index < -0.39 is 0 Å². The molecule has 2 aromatic carbocycles. The second-order valence-corrected chi connectivity index (χ2v) is 7.93. The number of carbonyl (C=O) groups excluding carboxylic acids is 2. The second-order valence-electron chi connectivity index (χ2n) is 6.96. The number of amides is 2. The van der Waals surface area contributed by atoms with Crippen LogP contribution in [-0.4, -0.2) is 55.3 Å². The van der Waals surface area contributed by atoms with Gasteiger partial charge >= 0.3 is 0 Å². The van der Waals surface area contributed by atoms with Gasteiger partial charge in [-0.15, -0.1) is 11.8 Å². The Bertz CT molecular complexity index is 956. The van der Waals surface area contributed by atoms with Crippen LogP contribution in [0.25, 0.3) is 0 Å². The van der Waals surface area contributed by atoms with E-state index in [-0.39, 0.29) is 23.4 Å². The Balaban J connectivity index is 1.42. The summed E-state index contributed by atoms with van der Waals surface area (Å²) in [6.07, 6.45) is 0. The van der Waals surface area contributed by atoms with Crippen molar-refractivity contribution in [2.75, 3.05) is 48.8 Å². The molecule has 156 valence electrons. The molecule has 0 atom stereocenters. The standard InChI is InChI=1S/C22H22FN3O3S/c23-16-5-7-17(8-6-16)25-9-11-26(12-10-25)22(28)18-3-1-2-4-19(18)24-21(27)20-15-30-14-13-29-20/h1-8,15H,9-14H2,(H,24,27). The first-order valence-corrected chi connectivity index (χ1v) is 10.8. The number of piperazine rings is 1. The molecule has 4 rings (SSSR count). The SMILES string of the molecule is O=C(Nc1ccccc1C(=O)N1CCN(c2ccc(F)cc2)CC1)C1=CSCCO1. The van der Waals surface area contributed by atoms with Crippen molar-refractivity contribution in [2.24, 2.45) is 0 Å². The molecule has 0 aliphatic carbocycles. The smallest absolute Gasteiger partial charge is 0.291 e. The van der Waals surface area contributed by atoms with Crippen molar-refractivity contribution in [3.8, 4) is 0 Å². The zero-order valence-electron chi connectivity index (χ0n) is 16.3. The van der Waals surface area contributed by atoms with E-state index in [1.165, 1.54) is 23.9 Å². The van der Waals surface area contributed by atoms with Crippen molar-refractivity contribution in [3.05, 3.63) is 71.1 Å². The number of carbonyl (C=O) groups is 2. The van der Waals surface area contributed by atoms with Crippen LogP contribution in [0.2, 0.25) is 0 Å². The van der Waals surface area contributed by atoms with E-state index in [2.05, 4.69) is 10.2 Å². The van der Waals surface area contributed by atoms with Crippen molar-refractivity contribution < 1.29 is 18.7 Å². The highest BCUT2D eigenvalue weighted by atomic mass is 32.2. The summed E-state index contributed by atoms with van der Waals surface area (Å²) in [5, 5.41) is 4.49. The minimum Gasteiger partial charge on any atom is -0.487 e. The number of nitrogens with zero attached hydrogens (tertiary/aromatic N) is 2. The predicted molar refractivity (Wildman–Crippen MR) is 116 cm³/mol. The number of benzene rings is 2. The van der Waals surface area contributed by atoms with Gasteiger partial charge < -0.3 is 19.9 Å². The molecule has 8 heteroatoms. The Kier molecular flexibility index (Phi) is 6.23. The maximum Gasteiger partial charge on any atom is 0.291 e. The highest BCUT2D eigenvalue weighted by Crippen LogP contribution is 2.23. The molecule has 1 saturated heterocycles. The monoisotopic (exact) mass is 427 g/mol. The van der Waals surface area contributed by atoms with Gasteiger partial charge in [-0.25, -0.2) is 4.39 Å². The van der Waals surface area contributed by atoms with Crippen LogP contribution in [0.1, 0.15) is 10.4 Å². The third-order valence-corrected chi connectivity index (χ3v) is 5.82. The van der Waals surface area contributed by atoms with Crippen LogP contribution < -0.4 is 10.2 Å². The maximum atomic E-state index is 13.1. The summed E-state index contributed by atoms with van der Waals surface area (Å²) in [6.45, 7) is 2.89. The number of rotatable bonds is 4. The van der Waals surface area contributed by atoms with Gasteiger partial charge in [0.15, 0.2) is 5.76 Å². The molecule has 2 amide bonds. The van der Waals surface area contributed by atoms with Gasteiger partial charge in [-0.05, 0) is 36.4 Å². The fourth-order valence-corrected chi connectivity index (χ4v) is 4.06. The number of thioether (sulfide) groups is 1. The van der Waals surface area contributed by atoms with Crippen molar-refractivity contribution in [1.82, 2.24) is 4.90 Å². The van der Waals surface area contributed by atoms with Gasteiger partial charge in [0.05, 0.1) is 17.9 Å². The van der Waals surface area contributed by atoms with Gasteiger partial charge in [0.25, 0.3) is 11.8 Å². The molecule has 2 aromatic rings. The molecule has 0 saturated carbocycles. The fourth-order valence-electron chi connectivity index (χ4n) is 3.44. The van der Waals surface area contributed by atoms with Gasteiger partial charge in [0.1, 0.15) is 5.82 Å². The topological polar surface area (TPSA) is 61.9 Å². The van der Waals surface area contributed by atoms with Crippen LogP contribution in [0.3, 0.4) is 0 Å². The summed E-state index contributed by atoms with van der Waals surface area (Å²) in [6, 6.07) is 13.4. The number of hydrogen-bond donors (Lipinski definition) is 1. The van der Waals surface area contributed by atoms with Crippen molar-refractivity contribution in [2.45, 2.75) is 0 Å². The Morgan fingerprint density at radius 3 is 2.43 bits per heavy atom. The zero-order chi connectivity index (χ0) is 20.9. The van der Waals surface area contributed by atoms with Crippen LogP contribution in [0, 0.1) is 5.82 Å². The van der Waals surface area contributed by atoms with Crippen LogP contribution in [0.4, 0.5) is 15.8 Å².